The van der Waals surface area contributed by atoms with E-state index in [1.54, 1.807) is 0 Å². The third kappa shape index (κ3) is 3.45. The van der Waals surface area contributed by atoms with Crippen LogP contribution in [0.5, 0.6) is 0 Å². The van der Waals surface area contributed by atoms with Crippen LogP contribution in [0.4, 0.5) is 0 Å². The van der Waals surface area contributed by atoms with Crippen LogP contribution in [0, 0.1) is 58.2 Å². The van der Waals surface area contributed by atoms with Crippen molar-refractivity contribution >= 4 is 0 Å². The molecule has 0 aliphatic heterocycles. The van der Waals surface area contributed by atoms with E-state index in [1.165, 1.54) is 25.7 Å². The van der Waals surface area contributed by atoms with Crippen molar-refractivity contribution in [1.82, 2.24) is 0 Å². The summed E-state index contributed by atoms with van der Waals surface area (Å²) < 4.78 is 0. The molecule has 8 unspecified atom stereocenters. The Morgan fingerprint density at radius 2 is 0.792 bits per heavy atom. The van der Waals surface area contributed by atoms with Gasteiger partial charge in [-0.05, 0) is 83.9 Å². The molecule has 0 nitrogen and oxygen atoms in total. The summed E-state index contributed by atoms with van der Waals surface area (Å²) in [5.74, 6) is 7.03. The lowest BCUT2D eigenvalue weighted by Gasteiger charge is -2.59. The summed E-state index contributed by atoms with van der Waals surface area (Å²) in [5.41, 5.74) is 0.816. The highest BCUT2D eigenvalue weighted by Crippen LogP contribution is 2.60. The molecule has 2 aliphatic carbocycles. The van der Waals surface area contributed by atoms with E-state index in [1.807, 2.05) is 0 Å². The molecule has 0 spiro atoms. The summed E-state index contributed by atoms with van der Waals surface area (Å²) in [4.78, 5) is 0. The Hall–Kier alpha value is 0. The molecular formula is C24H46. The maximum atomic E-state index is 2.62. The van der Waals surface area contributed by atoms with E-state index in [0.29, 0.717) is 10.8 Å². The van der Waals surface area contributed by atoms with Crippen molar-refractivity contribution in [2.45, 2.75) is 94.9 Å². The van der Waals surface area contributed by atoms with Crippen LogP contribution >= 0.6 is 0 Å². The second-order valence-corrected chi connectivity index (χ2v) is 11.5. The molecule has 24 heavy (non-hydrogen) atoms. The first-order chi connectivity index (χ1) is 10.9. The van der Waals surface area contributed by atoms with Gasteiger partial charge in [0.2, 0.25) is 0 Å². The quantitative estimate of drug-likeness (QED) is 0.496. The fraction of sp³-hybridized carbons (Fsp3) is 1.00. The van der Waals surface area contributed by atoms with E-state index >= 15 is 0 Å². The summed E-state index contributed by atoms with van der Waals surface area (Å²) in [7, 11) is 0. The Balaban J connectivity index is 2.31. The highest BCUT2D eigenvalue weighted by Gasteiger charge is 2.53. The first kappa shape index (κ1) is 20.3. The zero-order valence-corrected chi connectivity index (χ0v) is 18.4. The average Bonchev–Trinajstić information content (AvgIpc) is 2.46. The van der Waals surface area contributed by atoms with E-state index in [2.05, 4.69) is 69.2 Å². The molecule has 0 radical (unpaired) electrons. The minimum atomic E-state index is 0.408. The predicted octanol–water partition coefficient (Wildman–Crippen LogP) is 7.68. The standard InChI is InChI=1S/C24H46/c1-15-11-17(3)19(5)21(13-15)23(7,8)24(9,10)22-14-16(2)12-18(4)20(22)6/h15-22H,11-14H2,1-10H3. The minimum absolute atomic E-state index is 0.408. The third-order valence-electron chi connectivity index (χ3n) is 9.44. The van der Waals surface area contributed by atoms with E-state index < -0.39 is 0 Å². The van der Waals surface area contributed by atoms with Crippen LogP contribution < -0.4 is 0 Å². The molecule has 0 aromatic heterocycles. The average molecular weight is 335 g/mol. The summed E-state index contributed by atoms with van der Waals surface area (Å²) >= 11 is 0. The van der Waals surface area contributed by atoms with Crippen molar-refractivity contribution in [3.05, 3.63) is 0 Å². The van der Waals surface area contributed by atoms with Gasteiger partial charge in [0.1, 0.15) is 0 Å². The summed E-state index contributed by atoms with van der Waals surface area (Å²) in [6.45, 7) is 25.6. The molecule has 0 heterocycles. The normalized spacial score (nSPS) is 45.2. The molecule has 0 N–H and O–H groups in total. The van der Waals surface area contributed by atoms with Crippen LogP contribution in [-0.2, 0) is 0 Å². The van der Waals surface area contributed by atoms with Gasteiger partial charge in [-0.3, -0.25) is 0 Å². The molecule has 2 saturated carbocycles. The van der Waals surface area contributed by atoms with Gasteiger partial charge in [0.25, 0.3) is 0 Å². The Kier molecular flexibility index (Phi) is 5.89. The lowest BCUT2D eigenvalue weighted by atomic mass is 9.46. The zero-order valence-electron chi connectivity index (χ0n) is 18.4. The maximum Gasteiger partial charge on any atom is -0.0269 e. The van der Waals surface area contributed by atoms with Gasteiger partial charge in [0.05, 0.1) is 0 Å². The highest BCUT2D eigenvalue weighted by molar-refractivity contribution is 5.01. The molecule has 2 aliphatic rings. The van der Waals surface area contributed by atoms with Crippen molar-refractivity contribution < 1.29 is 0 Å². The van der Waals surface area contributed by atoms with Gasteiger partial charge >= 0.3 is 0 Å². The fourth-order valence-electron chi connectivity index (χ4n) is 6.84. The molecule has 8 atom stereocenters. The Labute approximate surface area is 153 Å². The molecule has 142 valence electrons. The second-order valence-electron chi connectivity index (χ2n) is 11.5. The van der Waals surface area contributed by atoms with Gasteiger partial charge in [0.15, 0.2) is 0 Å². The van der Waals surface area contributed by atoms with Gasteiger partial charge in [-0.15, -0.1) is 0 Å². The SMILES string of the molecule is CC1CC(C)C(C)C(C(C)(C)C(C)(C)C2CC(C)CC(C)C2C)C1. The number of rotatable bonds is 3. The van der Waals surface area contributed by atoms with Gasteiger partial charge in [-0.25, -0.2) is 0 Å². The Bertz CT molecular complexity index is 378. The summed E-state index contributed by atoms with van der Waals surface area (Å²) in [5, 5.41) is 0. The van der Waals surface area contributed by atoms with Crippen LogP contribution in [-0.4, -0.2) is 0 Å². The third-order valence-corrected chi connectivity index (χ3v) is 9.44. The van der Waals surface area contributed by atoms with Crippen molar-refractivity contribution in [2.75, 3.05) is 0 Å². The molecule has 0 bridgehead atoms. The van der Waals surface area contributed by atoms with Gasteiger partial charge in [-0.1, -0.05) is 69.2 Å². The van der Waals surface area contributed by atoms with Crippen molar-refractivity contribution in [1.29, 1.82) is 0 Å². The van der Waals surface area contributed by atoms with Gasteiger partial charge < -0.3 is 0 Å². The zero-order chi connectivity index (χ0) is 18.4. The topological polar surface area (TPSA) is 0 Å². The highest BCUT2D eigenvalue weighted by atomic mass is 14.6. The lowest BCUT2D eigenvalue weighted by Crippen LogP contribution is -2.52. The molecule has 0 saturated heterocycles. The predicted molar refractivity (Wildman–Crippen MR) is 108 cm³/mol. The van der Waals surface area contributed by atoms with Crippen molar-refractivity contribution in [2.24, 2.45) is 58.2 Å². The molecule has 0 amide bonds. The smallest absolute Gasteiger partial charge is 0.0269 e. The van der Waals surface area contributed by atoms with Gasteiger partial charge in [-0.2, -0.15) is 0 Å². The fourth-order valence-corrected chi connectivity index (χ4v) is 6.84. The second kappa shape index (κ2) is 6.96. The minimum Gasteiger partial charge on any atom is -0.0625 e. The first-order valence-electron chi connectivity index (χ1n) is 10.9. The van der Waals surface area contributed by atoms with E-state index in [-0.39, 0.29) is 0 Å². The van der Waals surface area contributed by atoms with Crippen LogP contribution in [0.1, 0.15) is 94.9 Å². The first-order valence-corrected chi connectivity index (χ1v) is 10.9. The maximum absolute atomic E-state index is 2.62. The summed E-state index contributed by atoms with van der Waals surface area (Å²) in [6.07, 6.45) is 5.74. The van der Waals surface area contributed by atoms with Crippen LogP contribution in [0.3, 0.4) is 0 Å². The van der Waals surface area contributed by atoms with Crippen LogP contribution in [0.25, 0.3) is 0 Å². The van der Waals surface area contributed by atoms with E-state index in [4.69, 9.17) is 0 Å². The van der Waals surface area contributed by atoms with Gasteiger partial charge in [0, 0.05) is 0 Å². The molecule has 2 fully saturated rings. The van der Waals surface area contributed by atoms with Crippen LogP contribution in [0.15, 0.2) is 0 Å². The number of hydrogen-bond acceptors (Lipinski definition) is 0. The van der Waals surface area contributed by atoms with Crippen molar-refractivity contribution in [3.63, 3.8) is 0 Å². The van der Waals surface area contributed by atoms with Crippen molar-refractivity contribution in [3.8, 4) is 0 Å². The van der Waals surface area contributed by atoms with E-state index in [9.17, 15) is 0 Å². The molecule has 0 aromatic carbocycles. The monoisotopic (exact) mass is 334 g/mol. The Morgan fingerprint density at radius 3 is 1.08 bits per heavy atom. The van der Waals surface area contributed by atoms with Crippen LogP contribution in [0.2, 0.25) is 0 Å². The summed E-state index contributed by atoms with van der Waals surface area (Å²) in [6, 6.07) is 0. The number of hydrogen-bond donors (Lipinski definition) is 0. The molecule has 0 heteroatoms. The Morgan fingerprint density at radius 1 is 0.500 bits per heavy atom. The van der Waals surface area contributed by atoms with E-state index in [0.717, 1.165) is 47.3 Å². The molecule has 0 aromatic rings. The lowest BCUT2D eigenvalue weighted by molar-refractivity contribution is -0.0997. The molecule has 2 rings (SSSR count). The largest absolute Gasteiger partial charge is 0.0625 e. The molecular weight excluding hydrogens is 288 g/mol.